The van der Waals surface area contributed by atoms with E-state index in [0.29, 0.717) is 18.1 Å². The van der Waals surface area contributed by atoms with Crippen LogP contribution in [0.4, 0.5) is 4.79 Å². The van der Waals surface area contributed by atoms with Gasteiger partial charge in [0, 0.05) is 12.3 Å². The predicted octanol–water partition coefficient (Wildman–Crippen LogP) is 0.761. The summed E-state index contributed by atoms with van der Waals surface area (Å²) in [4.78, 5) is 22.2. The summed E-state index contributed by atoms with van der Waals surface area (Å²) in [6, 6.07) is -1.33. The van der Waals surface area contributed by atoms with Gasteiger partial charge < -0.3 is 15.7 Å². The van der Waals surface area contributed by atoms with Gasteiger partial charge in [-0.05, 0) is 5.92 Å². The molecular weight excluding hydrogens is 240 g/mol. The number of carboxylic acid groups (broad SMARTS) is 1. The third kappa shape index (κ3) is 7.53. The van der Waals surface area contributed by atoms with Gasteiger partial charge in [0.15, 0.2) is 0 Å². The topological polar surface area (TPSA) is 78.4 Å². The first-order chi connectivity index (χ1) is 7.99. The highest BCUT2D eigenvalue weighted by atomic mass is 32.2. The normalized spacial score (nSPS) is 11.6. The molecule has 0 saturated carbocycles. The Morgan fingerprint density at radius 1 is 1.47 bits per heavy atom. The molecule has 0 aromatic rings. The second kappa shape index (κ2) is 8.76. The molecule has 17 heavy (non-hydrogen) atoms. The van der Waals surface area contributed by atoms with Crippen LogP contribution in [0.1, 0.15) is 13.8 Å². The number of nitrogens with one attached hydrogen (secondary N) is 2. The van der Waals surface area contributed by atoms with Gasteiger partial charge >= 0.3 is 12.0 Å². The summed E-state index contributed by atoms with van der Waals surface area (Å²) in [5.41, 5.74) is 0. The van der Waals surface area contributed by atoms with Gasteiger partial charge in [-0.1, -0.05) is 19.8 Å². The number of rotatable bonds is 7. The second-order valence-corrected chi connectivity index (χ2v) is 4.82. The van der Waals surface area contributed by atoms with Crippen LogP contribution in [-0.2, 0) is 4.79 Å². The lowest BCUT2D eigenvalue weighted by Gasteiger charge is -2.18. The molecule has 0 aromatic carbocycles. The minimum absolute atomic E-state index is 0.158. The van der Waals surface area contributed by atoms with E-state index in [2.05, 4.69) is 16.6 Å². The lowest BCUT2D eigenvalue weighted by molar-refractivity contribution is -0.140. The summed E-state index contributed by atoms with van der Waals surface area (Å²) in [5.74, 6) is 2.60. The summed E-state index contributed by atoms with van der Waals surface area (Å²) in [6.07, 6.45) is 5.07. The van der Waals surface area contributed by atoms with E-state index in [0.717, 1.165) is 0 Å². The van der Waals surface area contributed by atoms with E-state index in [-0.39, 0.29) is 5.92 Å². The van der Waals surface area contributed by atoms with Crippen LogP contribution < -0.4 is 10.6 Å². The Hall–Kier alpha value is -1.35. The van der Waals surface area contributed by atoms with Crippen LogP contribution in [0, 0.1) is 18.3 Å². The van der Waals surface area contributed by atoms with Crippen molar-refractivity contribution in [1.82, 2.24) is 10.6 Å². The van der Waals surface area contributed by atoms with Crippen molar-refractivity contribution in [1.29, 1.82) is 0 Å². The molecule has 0 aliphatic heterocycles. The Morgan fingerprint density at radius 2 is 2.12 bits per heavy atom. The van der Waals surface area contributed by atoms with Crippen molar-refractivity contribution in [2.24, 2.45) is 5.92 Å². The molecule has 0 aromatic heterocycles. The Bertz CT molecular complexity index is 300. The van der Waals surface area contributed by atoms with Crippen molar-refractivity contribution in [3.8, 4) is 12.3 Å². The van der Waals surface area contributed by atoms with Crippen LogP contribution in [0.25, 0.3) is 0 Å². The van der Waals surface area contributed by atoms with Crippen LogP contribution in [-0.4, -0.2) is 41.2 Å². The Labute approximate surface area is 106 Å². The van der Waals surface area contributed by atoms with E-state index < -0.39 is 18.0 Å². The van der Waals surface area contributed by atoms with Crippen LogP contribution in [0.15, 0.2) is 0 Å². The average Bonchev–Trinajstić information content (AvgIpc) is 2.24. The lowest BCUT2D eigenvalue weighted by Crippen LogP contribution is -2.49. The predicted molar refractivity (Wildman–Crippen MR) is 69.0 cm³/mol. The first kappa shape index (κ1) is 15.7. The van der Waals surface area contributed by atoms with Crippen molar-refractivity contribution in [3.05, 3.63) is 0 Å². The van der Waals surface area contributed by atoms with Crippen molar-refractivity contribution in [3.63, 3.8) is 0 Å². The highest BCUT2D eigenvalue weighted by molar-refractivity contribution is 7.99. The fraction of sp³-hybridized carbons (Fsp3) is 0.636. The van der Waals surface area contributed by atoms with Gasteiger partial charge in [0.25, 0.3) is 0 Å². The highest BCUT2D eigenvalue weighted by Crippen LogP contribution is 2.01. The third-order valence-electron chi connectivity index (χ3n) is 1.94. The molecule has 3 N–H and O–H groups in total. The van der Waals surface area contributed by atoms with E-state index >= 15 is 0 Å². The first-order valence-corrected chi connectivity index (χ1v) is 6.43. The number of hydrogen-bond acceptors (Lipinski definition) is 3. The van der Waals surface area contributed by atoms with Gasteiger partial charge in [0.1, 0.15) is 6.04 Å². The van der Waals surface area contributed by atoms with Gasteiger partial charge in [-0.3, -0.25) is 0 Å². The highest BCUT2D eigenvalue weighted by Gasteiger charge is 2.22. The third-order valence-corrected chi connectivity index (χ3v) is 2.80. The average molecular weight is 258 g/mol. The van der Waals surface area contributed by atoms with Crippen molar-refractivity contribution < 1.29 is 14.7 Å². The van der Waals surface area contributed by atoms with Gasteiger partial charge in [0.05, 0.1) is 5.75 Å². The van der Waals surface area contributed by atoms with Gasteiger partial charge in [0.2, 0.25) is 0 Å². The molecule has 0 heterocycles. The Morgan fingerprint density at radius 3 is 2.59 bits per heavy atom. The molecule has 96 valence electrons. The van der Waals surface area contributed by atoms with Crippen LogP contribution >= 0.6 is 11.8 Å². The zero-order valence-corrected chi connectivity index (χ0v) is 10.8. The molecule has 5 nitrogen and oxygen atoms in total. The molecule has 2 amide bonds. The van der Waals surface area contributed by atoms with Crippen molar-refractivity contribution in [2.75, 3.05) is 18.1 Å². The lowest BCUT2D eigenvalue weighted by atomic mass is 10.1. The number of aliphatic carboxylic acids is 1. The number of urea groups is 1. The largest absolute Gasteiger partial charge is 0.480 e. The van der Waals surface area contributed by atoms with E-state index in [1.165, 1.54) is 11.8 Å². The molecule has 0 radical (unpaired) electrons. The number of amides is 2. The summed E-state index contributed by atoms with van der Waals surface area (Å²) >= 11 is 1.53. The SMILES string of the molecule is C#CCSCCNC(=O)NC(C(=O)O)C(C)C. The molecule has 1 unspecified atom stereocenters. The van der Waals surface area contributed by atoms with Crippen LogP contribution in [0.2, 0.25) is 0 Å². The molecule has 0 aliphatic rings. The molecule has 0 rings (SSSR count). The molecule has 6 heteroatoms. The van der Waals surface area contributed by atoms with E-state index in [9.17, 15) is 9.59 Å². The van der Waals surface area contributed by atoms with E-state index in [1.54, 1.807) is 13.8 Å². The molecule has 0 spiro atoms. The van der Waals surface area contributed by atoms with E-state index in [1.807, 2.05) is 0 Å². The second-order valence-electron chi connectivity index (χ2n) is 3.72. The Kier molecular flexibility index (Phi) is 8.07. The zero-order valence-electron chi connectivity index (χ0n) is 10.0. The zero-order chi connectivity index (χ0) is 13.3. The quantitative estimate of drug-likeness (QED) is 0.465. The molecule has 0 fully saturated rings. The summed E-state index contributed by atoms with van der Waals surface area (Å²) < 4.78 is 0. The fourth-order valence-corrected chi connectivity index (χ4v) is 1.58. The van der Waals surface area contributed by atoms with Gasteiger partial charge in [-0.25, -0.2) is 9.59 Å². The monoisotopic (exact) mass is 258 g/mol. The van der Waals surface area contributed by atoms with E-state index in [4.69, 9.17) is 11.5 Å². The number of hydrogen-bond donors (Lipinski definition) is 3. The molecule has 0 saturated heterocycles. The maximum absolute atomic E-state index is 11.4. The Balaban J connectivity index is 3.84. The fourth-order valence-electron chi connectivity index (χ4n) is 1.07. The minimum atomic E-state index is -1.03. The number of terminal acetylenes is 1. The summed E-state index contributed by atoms with van der Waals surface area (Å²) in [6.45, 7) is 3.94. The van der Waals surface area contributed by atoms with Crippen LogP contribution in [0.5, 0.6) is 0 Å². The molecule has 0 bridgehead atoms. The maximum Gasteiger partial charge on any atom is 0.326 e. The summed E-state index contributed by atoms with van der Waals surface area (Å²) in [5, 5.41) is 13.9. The number of carbonyl (C=O) groups is 2. The minimum Gasteiger partial charge on any atom is -0.480 e. The van der Waals surface area contributed by atoms with Gasteiger partial charge in [-0.2, -0.15) is 0 Å². The van der Waals surface area contributed by atoms with Gasteiger partial charge in [-0.15, -0.1) is 18.2 Å². The molecular formula is C11H18N2O3S. The molecule has 1 atom stereocenters. The molecule has 0 aliphatic carbocycles. The smallest absolute Gasteiger partial charge is 0.326 e. The van der Waals surface area contributed by atoms with Crippen molar-refractivity contribution >= 4 is 23.8 Å². The maximum atomic E-state index is 11.4. The number of thioether (sulfide) groups is 1. The summed E-state index contributed by atoms with van der Waals surface area (Å²) in [7, 11) is 0. The number of carbonyl (C=O) groups excluding carboxylic acids is 1. The van der Waals surface area contributed by atoms with Crippen LogP contribution in [0.3, 0.4) is 0 Å². The first-order valence-electron chi connectivity index (χ1n) is 5.27. The number of carboxylic acids is 1. The standard InChI is InChI=1S/C11H18N2O3S/c1-4-6-17-7-5-12-11(16)13-9(8(2)3)10(14)15/h1,8-9H,5-7H2,2-3H3,(H,14,15)(H2,12,13,16). The van der Waals surface area contributed by atoms with Crippen molar-refractivity contribution in [2.45, 2.75) is 19.9 Å².